The first kappa shape index (κ1) is 20.9. The van der Waals surface area contributed by atoms with Crippen LogP contribution in [-0.2, 0) is 6.42 Å². The molecule has 1 aromatic heterocycles. The van der Waals surface area contributed by atoms with Gasteiger partial charge in [0.05, 0.1) is 10.0 Å². The number of halogens is 2. The summed E-state index contributed by atoms with van der Waals surface area (Å²) in [5, 5.41) is 3.46. The largest absolute Gasteiger partial charge is 0.322 e. The Morgan fingerprint density at radius 1 is 1.03 bits per heavy atom. The van der Waals surface area contributed by atoms with E-state index in [-0.39, 0.29) is 11.8 Å². The number of hydrogen-bond donors (Lipinski definition) is 1. The van der Waals surface area contributed by atoms with Crippen LogP contribution in [0.5, 0.6) is 0 Å². The number of rotatable bonds is 3. The Labute approximate surface area is 189 Å². The maximum absolute atomic E-state index is 13.1. The monoisotopic (exact) mass is 458 g/mol. The summed E-state index contributed by atoms with van der Waals surface area (Å²) in [6.45, 7) is 2.52. The van der Waals surface area contributed by atoms with E-state index < -0.39 is 0 Å². The molecule has 154 valence electrons. The minimum atomic E-state index is -0.215. The van der Waals surface area contributed by atoms with Gasteiger partial charge in [-0.25, -0.2) is 0 Å². The standard InChI is InChI=1S/C23H20Cl2N2O2S/c1-14-12-16(24)7-10-18(14)22(28)26-17-8-5-15(6-9-17)23(29)27-11-3-2-4-20-19(27)13-21(25)30-20/h5-10,12-13H,2-4,11H2,1H3,(H,26,28). The van der Waals surface area contributed by atoms with Gasteiger partial charge in [0.1, 0.15) is 0 Å². The molecule has 0 radical (unpaired) electrons. The second-order valence-corrected chi connectivity index (χ2v) is 9.47. The molecule has 0 bridgehead atoms. The van der Waals surface area contributed by atoms with Crippen molar-refractivity contribution < 1.29 is 9.59 Å². The summed E-state index contributed by atoms with van der Waals surface area (Å²) in [5.41, 5.74) is 3.49. The molecule has 7 heteroatoms. The molecule has 3 aromatic rings. The van der Waals surface area contributed by atoms with Gasteiger partial charge < -0.3 is 10.2 Å². The Morgan fingerprint density at radius 3 is 2.53 bits per heavy atom. The van der Waals surface area contributed by atoms with Gasteiger partial charge in [0.15, 0.2) is 0 Å². The van der Waals surface area contributed by atoms with Crippen LogP contribution >= 0.6 is 34.5 Å². The molecule has 0 saturated carbocycles. The number of thiophene rings is 1. The Bertz CT molecular complexity index is 1110. The number of anilines is 2. The molecule has 0 atom stereocenters. The maximum Gasteiger partial charge on any atom is 0.258 e. The quantitative estimate of drug-likeness (QED) is 0.480. The van der Waals surface area contributed by atoms with E-state index in [1.165, 1.54) is 0 Å². The first-order valence-electron chi connectivity index (χ1n) is 9.70. The molecule has 0 fully saturated rings. The molecule has 0 aliphatic carbocycles. The molecule has 2 aromatic carbocycles. The zero-order chi connectivity index (χ0) is 21.3. The van der Waals surface area contributed by atoms with E-state index in [4.69, 9.17) is 23.2 Å². The minimum Gasteiger partial charge on any atom is -0.322 e. The van der Waals surface area contributed by atoms with E-state index in [2.05, 4.69) is 5.32 Å². The summed E-state index contributed by atoms with van der Waals surface area (Å²) in [5.74, 6) is -0.271. The molecule has 2 amide bonds. The van der Waals surface area contributed by atoms with Gasteiger partial charge in [-0.1, -0.05) is 23.2 Å². The fraction of sp³-hybridized carbons (Fsp3) is 0.217. The third kappa shape index (κ3) is 4.38. The molecule has 0 unspecified atom stereocenters. The van der Waals surface area contributed by atoms with Crippen LogP contribution in [0.1, 0.15) is 44.0 Å². The summed E-state index contributed by atoms with van der Waals surface area (Å²) in [6, 6.07) is 14.0. The molecule has 4 rings (SSSR count). The SMILES string of the molecule is Cc1cc(Cl)ccc1C(=O)Nc1ccc(C(=O)N2CCCCc3sc(Cl)cc32)cc1. The van der Waals surface area contributed by atoms with Gasteiger partial charge in [-0.05, 0) is 80.3 Å². The van der Waals surface area contributed by atoms with E-state index in [1.54, 1.807) is 53.8 Å². The summed E-state index contributed by atoms with van der Waals surface area (Å²) >= 11 is 13.7. The zero-order valence-electron chi connectivity index (χ0n) is 16.4. The van der Waals surface area contributed by atoms with Crippen molar-refractivity contribution in [2.45, 2.75) is 26.2 Å². The number of benzene rings is 2. The number of amides is 2. The molecular formula is C23H20Cl2N2O2S. The molecule has 1 aliphatic rings. The summed E-state index contributed by atoms with van der Waals surface area (Å²) in [6.07, 6.45) is 2.95. The summed E-state index contributed by atoms with van der Waals surface area (Å²) < 4.78 is 0.704. The van der Waals surface area contributed by atoms with E-state index in [9.17, 15) is 9.59 Å². The van der Waals surface area contributed by atoms with Gasteiger partial charge in [-0.15, -0.1) is 11.3 Å². The van der Waals surface area contributed by atoms with Gasteiger partial charge in [-0.3, -0.25) is 9.59 Å². The van der Waals surface area contributed by atoms with Gasteiger partial charge in [0, 0.05) is 33.3 Å². The first-order valence-corrected chi connectivity index (χ1v) is 11.3. The Kier molecular flexibility index (Phi) is 6.14. The van der Waals surface area contributed by atoms with Gasteiger partial charge >= 0.3 is 0 Å². The Hall–Kier alpha value is -2.34. The van der Waals surface area contributed by atoms with Crippen LogP contribution in [0.2, 0.25) is 9.36 Å². The van der Waals surface area contributed by atoms with E-state index in [1.807, 2.05) is 17.9 Å². The van der Waals surface area contributed by atoms with Crippen molar-refractivity contribution in [3.8, 4) is 0 Å². The fourth-order valence-electron chi connectivity index (χ4n) is 3.61. The molecule has 0 spiro atoms. The smallest absolute Gasteiger partial charge is 0.258 e. The highest BCUT2D eigenvalue weighted by Crippen LogP contribution is 2.37. The van der Waals surface area contributed by atoms with Crippen molar-refractivity contribution in [2.75, 3.05) is 16.8 Å². The lowest BCUT2D eigenvalue weighted by atomic mass is 10.1. The van der Waals surface area contributed by atoms with Gasteiger partial charge in [-0.2, -0.15) is 0 Å². The highest BCUT2D eigenvalue weighted by molar-refractivity contribution is 7.16. The average molecular weight is 459 g/mol. The average Bonchev–Trinajstić information content (AvgIpc) is 2.97. The van der Waals surface area contributed by atoms with Crippen molar-refractivity contribution in [3.05, 3.63) is 79.5 Å². The number of hydrogen-bond acceptors (Lipinski definition) is 3. The van der Waals surface area contributed by atoms with Crippen molar-refractivity contribution in [1.29, 1.82) is 0 Å². The molecular weight excluding hydrogens is 439 g/mol. The topological polar surface area (TPSA) is 49.4 Å². The molecule has 30 heavy (non-hydrogen) atoms. The minimum absolute atomic E-state index is 0.0564. The normalized spacial score (nSPS) is 13.5. The lowest BCUT2D eigenvalue weighted by Crippen LogP contribution is -2.31. The fourth-order valence-corrected chi connectivity index (χ4v) is 5.15. The van der Waals surface area contributed by atoms with E-state index in [0.29, 0.717) is 32.7 Å². The van der Waals surface area contributed by atoms with Crippen LogP contribution in [0.15, 0.2) is 48.5 Å². The highest BCUT2D eigenvalue weighted by Gasteiger charge is 2.24. The number of fused-ring (bicyclic) bond motifs is 1. The van der Waals surface area contributed by atoms with Crippen LogP contribution in [0, 0.1) is 6.92 Å². The third-order valence-electron chi connectivity index (χ3n) is 5.15. The lowest BCUT2D eigenvalue weighted by Gasteiger charge is -2.21. The maximum atomic E-state index is 13.1. The van der Waals surface area contributed by atoms with Crippen molar-refractivity contribution >= 4 is 57.7 Å². The van der Waals surface area contributed by atoms with Crippen molar-refractivity contribution in [2.24, 2.45) is 0 Å². The second kappa shape index (κ2) is 8.80. The Morgan fingerprint density at radius 2 is 1.80 bits per heavy atom. The number of nitrogens with one attached hydrogen (secondary N) is 1. The van der Waals surface area contributed by atoms with Crippen molar-refractivity contribution in [3.63, 3.8) is 0 Å². The van der Waals surface area contributed by atoms with E-state index in [0.717, 1.165) is 35.4 Å². The zero-order valence-corrected chi connectivity index (χ0v) is 18.7. The first-order chi connectivity index (χ1) is 14.4. The number of nitrogens with zero attached hydrogens (tertiary/aromatic N) is 1. The molecule has 0 saturated heterocycles. The van der Waals surface area contributed by atoms with Gasteiger partial charge in [0.2, 0.25) is 0 Å². The van der Waals surface area contributed by atoms with Crippen LogP contribution in [0.25, 0.3) is 0 Å². The lowest BCUT2D eigenvalue weighted by molar-refractivity contribution is 0.0985. The highest BCUT2D eigenvalue weighted by atomic mass is 35.5. The second-order valence-electron chi connectivity index (χ2n) is 7.26. The van der Waals surface area contributed by atoms with Gasteiger partial charge in [0.25, 0.3) is 11.8 Å². The Balaban J connectivity index is 1.51. The molecule has 1 aliphatic heterocycles. The molecule has 1 N–H and O–H groups in total. The van der Waals surface area contributed by atoms with Crippen LogP contribution < -0.4 is 10.2 Å². The van der Waals surface area contributed by atoms with Crippen molar-refractivity contribution in [1.82, 2.24) is 0 Å². The predicted octanol–water partition coefficient (Wildman–Crippen LogP) is 6.60. The molecule has 4 nitrogen and oxygen atoms in total. The summed E-state index contributed by atoms with van der Waals surface area (Å²) in [4.78, 5) is 28.7. The van der Waals surface area contributed by atoms with Crippen LogP contribution in [-0.4, -0.2) is 18.4 Å². The van der Waals surface area contributed by atoms with E-state index >= 15 is 0 Å². The molecule has 2 heterocycles. The third-order valence-corrected chi connectivity index (χ3v) is 6.70. The van der Waals surface area contributed by atoms with Crippen LogP contribution in [0.4, 0.5) is 11.4 Å². The van der Waals surface area contributed by atoms with Crippen LogP contribution in [0.3, 0.4) is 0 Å². The summed E-state index contributed by atoms with van der Waals surface area (Å²) in [7, 11) is 0. The number of carbonyl (C=O) groups excluding carboxylic acids is 2. The predicted molar refractivity (Wildman–Crippen MR) is 125 cm³/mol. The number of carbonyl (C=O) groups is 2. The number of aryl methyl sites for hydroxylation is 2.